The highest BCUT2D eigenvalue weighted by Gasteiger charge is 2.42. The maximum Gasteiger partial charge on any atom is 0.209 e. The van der Waals surface area contributed by atoms with E-state index in [2.05, 4.69) is 80.8 Å². The molecule has 1 aliphatic heterocycles. The van der Waals surface area contributed by atoms with Crippen LogP contribution in [0.5, 0.6) is 0 Å². The molecule has 3 rings (SSSR count). The number of nitrogens with zero attached hydrogens (tertiary/aromatic N) is 1. The van der Waals surface area contributed by atoms with E-state index in [9.17, 15) is 0 Å². The van der Waals surface area contributed by atoms with Crippen molar-refractivity contribution in [3.8, 4) is 11.1 Å². The molecule has 0 N–H and O–H groups in total. The van der Waals surface area contributed by atoms with E-state index in [4.69, 9.17) is 0 Å². The summed E-state index contributed by atoms with van der Waals surface area (Å²) in [5.74, 6) is 0. The third-order valence-electron chi connectivity index (χ3n) is 4.69. The van der Waals surface area contributed by atoms with Crippen LogP contribution in [-0.4, -0.2) is 16.8 Å². The second-order valence-electron chi connectivity index (χ2n) is 6.05. The van der Waals surface area contributed by atoms with Gasteiger partial charge in [-0.15, -0.1) is 0 Å². The summed E-state index contributed by atoms with van der Waals surface area (Å²) in [5.41, 5.74) is 6.98. The van der Waals surface area contributed by atoms with Crippen molar-refractivity contribution in [3.63, 3.8) is 0 Å². The minimum absolute atomic E-state index is 0. The summed E-state index contributed by atoms with van der Waals surface area (Å²) < 4.78 is 2.43. The summed E-state index contributed by atoms with van der Waals surface area (Å²) in [6, 6.07) is 17.5. The number of hydrogen-bond acceptors (Lipinski definition) is 0. The standard InChI is InChI=1S/C19H22N.BrH/c1-5-20-14(2)19(3,4)17-13-16(11-12-18(17)20)15-9-7-6-8-10-15;/h6-13H,5H2,1-4H3;1H/q+1;/p-1. The van der Waals surface area contributed by atoms with Crippen LogP contribution in [-0.2, 0) is 5.41 Å². The molecule has 0 atom stereocenters. The Morgan fingerprint density at radius 2 is 1.62 bits per heavy atom. The second-order valence-corrected chi connectivity index (χ2v) is 6.05. The molecule has 2 aromatic rings. The van der Waals surface area contributed by atoms with Crippen molar-refractivity contribution >= 4 is 11.4 Å². The summed E-state index contributed by atoms with van der Waals surface area (Å²) in [5, 5.41) is 0. The monoisotopic (exact) mass is 343 g/mol. The average molecular weight is 344 g/mol. The third kappa shape index (κ3) is 2.46. The highest BCUT2D eigenvalue weighted by molar-refractivity contribution is 5.94. The van der Waals surface area contributed by atoms with Gasteiger partial charge in [0.2, 0.25) is 5.69 Å². The van der Waals surface area contributed by atoms with Crippen molar-refractivity contribution in [2.24, 2.45) is 0 Å². The molecule has 21 heavy (non-hydrogen) atoms. The fourth-order valence-corrected chi connectivity index (χ4v) is 3.20. The fourth-order valence-electron chi connectivity index (χ4n) is 3.20. The van der Waals surface area contributed by atoms with Gasteiger partial charge >= 0.3 is 0 Å². The smallest absolute Gasteiger partial charge is 0.209 e. The van der Waals surface area contributed by atoms with Crippen LogP contribution in [0.1, 0.15) is 33.3 Å². The number of hydrogen-bond donors (Lipinski definition) is 0. The SMILES string of the molecule is CC[N+]1=C(C)C(C)(C)c2cc(-c3ccccc3)ccc21.[Br-]. The number of halogens is 1. The van der Waals surface area contributed by atoms with Crippen LogP contribution in [0.2, 0.25) is 0 Å². The predicted molar refractivity (Wildman–Crippen MR) is 86.0 cm³/mol. The van der Waals surface area contributed by atoms with E-state index in [1.807, 2.05) is 0 Å². The molecule has 0 spiro atoms. The first-order valence-corrected chi connectivity index (χ1v) is 7.37. The van der Waals surface area contributed by atoms with Crippen molar-refractivity contribution in [1.29, 1.82) is 0 Å². The van der Waals surface area contributed by atoms with E-state index < -0.39 is 0 Å². The first-order valence-electron chi connectivity index (χ1n) is 7.37. The second kappa shape index (κ2) is 5.76. The van der Waals surface area contributed by atoms with Gasteiger partial charge in [-0.2, -0.15) is 4.58 Å². The van der Waals surface area contributed by atoms with E-state index in [1.165, 1.54) is 28.1 Å². The van der Waals surface area contributed by atoms with Gasteiger partial charge in [-0.1, -0.05) is 30.3 Å². The Balaban J connectivity index is 0.00000161. The molecule has 0 aliphatic carbocycles. The topological polar surface area (TPSA) is 3.01 Å². The summed E-state index contributed by atoms with van der Waals surface area (Å²) in [6.07, 6.45) is 0. The Labute approximate surface area is 138 Å². The molecule has 0 radical (unpaired) electrons. The fraction of sp³-hybridized carbons (Fsp3) is 0.316. The van der Waals surface area contributed by atoms with Gasteiger partial charge in [-0.25, -0.2) is 0 Å². The van der Waals surface area contributed by atoms with Gasteiger partial charge in [-0.05, 0) is 44.0 Å². The van der Waals surface area contributed by atoms with Crippen molar-refractivity contribution < 1.29 is 21.6 Å². The van der Waals surface area contributed by atoms with Gasteiger partial charge in [-0.3, -0.25) is 0 Å². The minimum atomic E-state index is 0. The van der Waals surface area contributed by atoms with Crippen LogP contribution in [0.15, 0.2) is 48.5 Å². The van der Waals surface area contributed by atoms with E-state index in [0.29, 0.717) is 0 Å². The molecule has 1 aliphatic rings. The number of rotatable bonds is 2. The van der Waals surface area contributed by atoms with E-state index in [0.717, 1.165) is 6.54 Å². The lowest BCUT2D eigenvalue weighted by Gasteiger charge is -2.15. The predicted octanol–water partition coefficient (Wildman–Crippen LogP) is 1.77. The molecule has 0 saturated carbocycles. The molecule has 1 heterocycles. The molecule has 0 bridgehead atoms. The van der Waals surface area contributed by atoms with Gasteiger partial charge in [0.05, 0.1) is 5.41 Å². The van der Waals surface area contributed by atoms with E-state index in [-0.39, 0.29) is 22.4 Å². The van der Waals surface area contributed by atoms with Gasteiger partial charge in [0, 0.05) is 18.6 Å². The zero-order valence-corrected chi connectivity index (χ0v) is 14.7. The van der Waals surface area contributed by atoms with Gasteiger partial charge in [0.25, 0.3) is 0 Å². The Kier molecular flexibility index (Phi) is 4.38. The summed E-state index contributed by atoms with van der Waals surface area (Å²) in [4.78, 5) is 0. The first kappa shape index (κ1) is 16.0. The normalized spacial score (nSPS) is 15.6. The molecular formula is C19H22BrN. The summed E-state index contributed by atoms with van der Waals surface area (Å²) in [6.45, 7) is 10.2. The maximum absolute atomic E-state index is 2.43. The third-order valence-corrected chi connectivity index (χ3v) is 4.69. The molecule has 2 heteroatoms. The van der Waals surface area contributed by atoms with Crippen LogP contribution < -0.4 is 17.0 Å². The molecule has 0 saturated heterocycles. The van der Waals surface area contributed by atoms with Crippen LogP contribution in [0.25, 0.3) is 11.1 Å². The molecule has 0 unspecified atom stereocenters. The molecule has 0 fully saturated rings. The van der Waals surface area contributed by atoms with Gasteiger partial charge < -0.3 is 17.0 Å². The quantitative estimate of drug-likeness (QED) is 0.731. The highest BCUT2D eigenvalue weighted by atomic mass is 79.9. The highest BCUT2D eigenvalue weighted by Crippen LogP contribution is 2.41. The van der Waals surface area contributed by atoms with Crippen molar-refractivity contribution in [1.82, 2.24) is 0 Å². The average Bonchev–Trinajstić information content (AvgIpc) is 2.67. The van der Waals surface area contributed by atoms with Gasteiger partial charge in [0.15, 0.2) is 5.71 Å². The minimum Gasteiger partial charge on any atom is -1.00 e. The molecule has 110 valence electrons. The Hall–Kier alpha value is -1.41. The first-order chi connectivity index (χ1) is 9.55. The lowest BCUT2D eigenvalue weighted by Crippen LogP contribution is -3.00. The molecule has 0 aromatic heterocycles. The zero-order valence-electron chi connectivity index (χ0n) is 13.2. The Bertz CT molecular complexity index is 684. The molecule has 2 aromatic carbocycles. The zero-order chi connectivity index (χ0) is 14.3. The van der Waals surface area contributed by atoms with Crippen molar-refractivity contribution in [2.45, 2.75) is 33.1 Å². The van der Waals surface area contributed by atoms with Crippen LogP contribution in [0.3, 0.4) is 0 Å². The van der Waals surface area contributed by atoms with Crippen LogP contribution in [0.4, 0.5) is 5.69 Å². The van der Waals surface area contributed by atoms with Gasteiger partial charge in [0.1, 0.15) is 6.54 Å². The number of fused-ring (bicyclic) bond motifs is 1. The van der Waals surface area contributed by atoms with Crippen molar-refractivity contribution in [2.75, 3.05) is 6.54 Å². The number of benzene rings is 2. The van der Waals surface area contributed by atoms with Crippen LogP contribution in [0, 0.1) is 0 Å². The largest absolute Gasteiger partial charge is 1.00 e. The molecular weight excluding hydrogens is 322 g/mol. The summed E-state index contributed by atoms with van der Waals surface area (Å²) >= 11 is 0. The van der Waals surface area contributed by atoms with E-state index in [1.54, 1.807) is 0 Å². The lowest BCUT2D eigenvalue weighted by atomic mass is 9.81. The molecule has 1 nitrogen and oxygen atoms in total. The Morgan fingerprint density at radius 1 is 0.952 bits per heavy atom. The summed E-state index contributed by atoms with van der Waals surface area (Å²) in [7, 11) is 0. The lowest BCUT2D eigenvalue weighted by molar-refractivity contribution is -0.434. The molecule has 0 amide bonds. The Morgan fingerprint density at radius 3 is 2.24 bits per heavy atom. The van der Waals surface area contributed by atoms with Crippen molar-refractivity contribution in [3.05, 3.63) is 54.1 Å². The van der Waals surface area contributed by atoms with E-state index >= 15 is 0 Å². The van der Waals surface area contributed by atoms with Crippen LogP contribution >= 0.6 is 0 Å². The maximum atomic E-state index is 2.43.